The third-order valence-corrected chi connectivity index (χ3v) is 3.16. The Balaban J connectivity index is 1.90. The summed E-state index contributed by atoms with van der Waals surface area (Å²) >= 11 is 0. The molecule has 6 heteroatoms. The number of aliphatic carboxylic acids is 1. The minimum atomic E-state index is -0.977. The van der Waals surface area contributed by atoms with Crippen LogP contribution in [-0.4, -0.2) is 34.6 Å². The van der Waals surface area contributed by atoms with Gasteiger partial charge in [0, 0.05) is 13.1 Å². The molecule has 0 saturated carbocycles. The highest BCUT2D eigenvalue weighted by molar-refractivity contribution is 5.83. The average Bonchev–Trinajstić information content (AvgIpc) is 2.87. The zero-order valence-corrected chi connectivity index (χ0v) is 10.3. The van der Waals surface area contributed by atoms with E-state index < -0.39 is 18.0 Å². The van der Waals surface area contributed by atoms with Crippen LogP contribution in [0.2, 0.25) is 0 Å². The van der Waals surface area contributed by atoms with E-state index >= 15 is 0 Å². The summed E-state index contributed by atoms with van der Waals surface area (Å²) in [5, 5.41) is 11.6. The summed E-state index contributed by atoms with van der Waals surface area (Å²) in [5.41, 5.74) is 0.765. The maximum absolute atomic E-state index is 12.7. The summed E-state index contributed by atoms with van der Waals surface area (Å²) < 4.78 is 12.7. The van der Waals surface area contributed by atoms with Crippen LogP contribution < -0.4 is 5.32 Å². The van der Waals surface area contributed by atoms with Crippen molar-refractivity contribution in [3.8, 4) is 0 Å². The van der Waals surface area contributed by atoms with Crippen LogP contribution in [0.3, 0.4) is 0 Å². The number of nitrogens with zero attached hydrogens (tertiary/aromatic N) is 1. The fourth-order valence-corrected chi connectivity index (χ4v) is 2.15. The second-order valence-electron chi connectivity index (χ2n) is 4.47. The quantitative estimate of drug-likeness (QED) is 0.872. The van der Waals surface area contributed by atoms with Crippen LogP contribution in [0.4, 0.5) is 9.18 Å². The first-order valence-corrected chi connectivity index (χ1v) is 6.09. The molecule has 0 spiro atoms. The third kappa shape index (κ3) is 3.21. The van der Waals surface area contributed by atoms with E-state index in [9.17, 15) is 14.0 Å². The molecule has 0 bridgehead atoms. The molecule has 1 saturated heterocycles. The summed E-state index contributed by atoms with van der Waals surface area (Å²) in [6, 6.07) is 4.65. The maximum atomic E-state index is 12.7. The van der Waals surface area contributed by atoms with E-state index in [1.54, 1.807) is 12.1 Å². The van der Waals surface area contributed by atoms with E-state index in [0.29, 0.717) is 19.4 Å². The summed E-state index contributed by atoms with van der Waals surface area (Å²) in [4.78, 5) is 24.2. The van der Waals surface area contributed by atoms with Crippen LogP contribution >= 0.6 is 0 Å². The number of hydrogen-bond donors (Lipinski definition) is 2. The Labute approximate surface area is 110 Å². The van der Waals surface area contributed by atoms with Crippen molar-refractivity contribution >= 4 is 12.0 Å². The first-order valence-electron chi connectivity index (χ1n) is 6.09. The molecule has 0 radical (unpaired) electrons. The number of halogens is 1. The number of likely N-dealkylation sites (tertiary alicyclic amines) is 1. The monoisotopic (exact) mass is 266 g/mol. The number of nitrogens with one attached hydrogen (secondary N) is 1. The molecule has 0 aliphatic carbocycles. The number of carbonyl (C=O) groups is 2. The first-order chi connectivity index (χ1) is 9.08. The van der Waals surface area contributed by atoms with Crippen molar-refractivity contribution in [3.63, 3.8) is 0 Å². The lowest BCUT2D eigenvalue weighted by atomic mass is 10.2. The van der Waals surface area contributed by atoms with Gasteiger partial charge in [-0.05, 0) is 30.5 Å². The largest absolute Gasteiger partial charge is 0.480 e. The number of carboxylic acids is 1. The van der Waals surface area contributed by atoms with Crippen molar-refractivity contribution in [1.82, 2.24) is 10.2 Å². The standard InChI is InChI=1S/C13H15FN2O3/c14-10-5-3-9(4-6-10)8-15-13(19)16-7-1-2-11(16)12(17)18/h3-6,11H,1-2,7-8H2,(H,15,19)(H,17,18). The highest BCUT2D eigenvalue weighted by Gasteiger charge is 2.33. The van der Waals surface area contributed by atoms with Gasteiger partial charge in [0.25, 0.3) is 0 Å². The number of benzene rings is 1. The van der Waals surface area contributed by atoms with Gasteiger partial charge in [0.05, 0.1) is 0 Å². The van der Waals surface area contributed by atoms with Crippen LogP contribution in [0.5, 0.6) is 0 Å². The minimum absolute atomic E-state index is 0.252. The van der Waals surface area contributed by atoms with Crippen LogP contribution in [0.1, 0.15) is 18.4 Å². The van der Waals surface area contributed by atoms with Crippen LogP contribution in [-0.2, 0) is 11.3 Å². The van der Waals surface area contributed by atoms with E-state index in [0.717, 1.165) is 5.56 Å². The molecule has 1 aromatic rings. The van der Waals surface area contributed by atoms with E-state index in [4.69, 9.17) is 5.11 Å². The number of amides is 2. The second kappa shape index (κ2) is 5.69. The minimum Gasteiger partial charge on any atom is -0.480 e. The Morgan fingerprint density at radius 1 is 1.37 bits per heavy atom. The summed E-state index contributed by atoms with van der Waals surface area (Å²) in [5.74, 6) is -1.31. The van der Waals surface area contributed by atoms with E-state index in [2.05, 4.69) is 5.32 Å². The molecule has 1 fully saturated rings. The highest BCUT2D eigenvalue weighted by Crippen LogP contribution is 2.17. The van der Waals surface area contributed by atoms with Crippen LogP contribution in [0.25, 0.3) is 0 Å². The van der Waals surface area contributed by atoms with E-state index in [1.165, 1.54) is 17.0 Å². The molecule has 1 aliphatic rings. The predicted molar refractivity (Wildman–Crippen MR) is 66.0 cm³/mol. The van der Waals surface area contributed by atoms with Gasteiger partial charge in [0.2, 0.25) is 0 Å². The first kappa shape index (κ1) is 13.3. The molecule has 0 aromatic heterocycles. The van der Waals surface area contributed by atoms with Crippen molar-refractivity contribution < 1.29 is 19.1 Å². The molecule has 2 rings (SSSR count). The van der Waals surface area contributed by atoms with Gasteiger partial charge in [0.15, 0.2) is 0 Å². The molecular weight excluding hydrogens is 251 g/mol. The molecule has 102 valence electrons. The Hall–Kier alpha value is -2.11. The number of rotatable bonds is 3. The van der Waals surface area contributed by atoms with Gasteiger partial charge in [-0.3, -0.25) is 0 Å². The average molecular weight is 266 g/mol. The van der Waals surface area contributed by atoms with Crippen LogP contribution in [0, 0.1) is 5.82 Å². The molecular formula is C13H15FN2O3. The molecule has 1 unspecified atom stereocenters. The lowest BCUT2D eigenvalue weighted by molar-refractivity contribution is -0.141. The fraction of sp³-hybridized carbons (Fsp3) is 0.385. The smallest absolute Gasteiger partial charge is 0.326 e. The van der Waals surface area contributed by atoms with Gasteiger partial charge in [-0.15, -0.1) is 0 Å². The molecule has 5 nitrogen and oxygen atoms in total. The van der Waals surface area contributed by atoms with Crippen molar-refractivity contribution in [2.45, 2.75) is 25.4 Å². The summed E-state index contributed by atoms with van der Waals surface area (Å²) in [6.07, 6.45) is 1.18. The van der Waals surface area contributed by atoms with Crippen molar-refractivity contribution in [1.29, 1.82) is 0 Å². The maximum Gasteiger partial charge on any atom is 0.326 e. The third-order valence-electron chi connectivity index (χ3n) is 3.16. The highest BCUT2D eigenvalue weighted by atomic mass is 19.1. The Morgan fingerprint density at radius 3 is 2.68 bits per heavy atom. The van der Waals surface area contributed by atoms with Crippen molar-refractivity contribution in [2.24, 2.45) is 0 Å². The Bertz CT molecular complexity index is 475. The Morgan fingerprint density at radius 2 is 2.05 bits per heavy atom. The SMILES string of the molecule is O=C(O)C1CCCN1C(=O)NCc1ccc(F)cc1. The number of urea groups is 1. The van der Waals surface area contributed by atoms with Gasteiger partial charge in [-0.2, -0.15) is 0 Å². The molecule has 1 heterocycles. The van der Waals surface area contributed by atoms with Crippen LogP contribution in [0.15, 0.2) is 24.3 Å². The lowest BCUT2D eigenvalue weighted by Crippen LogP contribution is -2.45. The lowest BCUT2D eigenvalue weighted by Gasteiger charge is -2.21. The zero-order chi connectivity index (χ0) is 13.8. The van der Waals surface area contributed by atoms with Gasteiger partial charge in [0.1, 0.15) is 11.9 Å². The molecule has 1 aliphatic heterocycles. The molecule has 2 amide bonds. The number of carboxylic acid groups (broad SMARTS) is 1. The van der Waals surface area contributed by atoms with E-state index in [-0.39, 0.29) is 12.4 Å². The fourth-order valence-electron chi connectivity index (χ4n) is 2.15. The normalized spacial score (nSPS) is 18.4. The molecule has 2 N–H and O–H groups in total. The Kier molecular flexibility index (Phi) is 3.99. The second-order valence-corrected chi connectivity index (χ2v) is 4.47. The van der Waals surface area contributed by atoms with E-state index in [1.807, 2.05) is 0 Å². The summed E-state index contributed by atoms with van der Waals surface area (Å²) in [7, 11) is 0. The number of hydrogen-bond acceptors (Lipinski definition) is 2. The topological polar surface area (TPSA) is 69.6 Å². The van der Waals surface area contributed by atoms with Gasteiger partial charge in [-0.1, -0.05) is 12.1 Å². The zero-order valence-electron chi connectivity index (χ0n) is 10.3. The van der Waals surface area contributed by atoms with Gasteiger partial charge in [-0.25, -0.2) is 14.0 Å². The molecule has 19 heavy (non-hydrogen) atoms. The van der Waals surface area contributed by atoms with Gasteiger partial charge < -0.3 is 15.3 Å². The van der Waals surface area contributed by atoms with Crippen molar-refractivity contribution in [3.05, 3.63) is 35.6 Å². The number of carbonyl (C=O) groups excluding carboxylic acids is 1. The molecule has 1 atom stereocenters. The molecule has 1 aromatic carbocycles. The van der Waals surface area contributed by atoms with Crippen molar-refractivity contribution in [2.75, 3.05) is 6.54 Å². The predicted octanol–water partition coefficient (Wildman–Crippen LogP) is 1.58. The summed E-state index contributed by atoms with van der Waals surface area (Å²) in [6.45, 7) is 0.703. The van der Waals surface area contributed by atoms with Gasteiger partial charge >= 0.3 is 12.0 Å².